The number of carbonyl (C=O) groups is 2. The summed E-state index contributed by atoms with van der Waals surface area (Å²) in [4.78, 5) is 24.7. The van der Waals surface area contributed by atoms with Crippen molar-refractivity contribution in [2.45, 2.75) is 33.6 Å². The molecule has 0 radical (unpaired) electrons. The lowest BCUT2D eigenvalue weighted by Gasteiger charge is -2.34. The number of hydrogen-bond donors (Lipinski definition) is 3. The lowest BCUT2D eigenvalue weighted by molar-refractivity contribution is -0.137. The van der Waals surface area contributed by atoms with Crippen molar-refractivity contribution in [1.82, 2.24) is 5.32 Å². The SMILES string of the molecule is Cc1cc(C)c(NC(=O)CNC(=O)C2(CN)CCOCC2)c(C)c1.Cl. The van der Waals surface area contributed by atoms with Crippen LogP contribution in [-0.4, -0.2) is 38.1 Å². The first-order valence-electron chi connectivity index (χ1n) is 8.32. The fourth-order valence-electron chi connectivity index (χ4n) is 3.19. The summed E-state index contributed by atoms with van der Waals surface area (Å²) in [5.74, 6) is -0.404. The molecule has 1 fully saturated rings. The van der Waals surface area contributed by atoms with Crippen molar-refractivity contribution in [1.29, 1.82) is 0 Å². The fourth-order valence-corrected chi connectivity index (χ4v) is 3.19. The van der Waals surface area contributed by atoms with Crippen molar-refractivity contribution in [3.63, 3.8) is 0 Å². The molecule has 2 amide bonds. The highest BCUT2D eigenvalue weighted by molar-refractivity contribution is 5.96. The standard InChI is InChI=1S/C18H27N3O3.ClH/c1-12-8-13(2)16(14(3)9-12)21-15(22)10-20-17(23)18(11-19)4-6-24-7-5-18;/h8-9H,4-7,10-11,19H2,1-3H3,(H,20,23)(H,21,22);1H. The molecule has 7 heteroatoms. The van der Waals surface area contributed by atoms with Crippen molar-refractivity contribution in [2.24, 2.45) is 11.1 Å². The molecule has 0 spiro atoms. The van der Waals surface area contributed by atoms with E-state index in [9.17, 15) is 9.59 Å². The molecule has 140 valence electrons. The molecule has 1 aromatic carbocycles. The Morgan fingerprint density at radius 2 is 1.72 bits per heavy atom. The molecule has 0 saturated carbocycles. The first-order valence-corrected chi connectivity index (χ1v) is 8.32. The van der Waals surface area contributed by atoms with Crippen LogP contribution in [0, 0.1) is 26.2 Å². The number of nitrogens with two attached hydrogens (primary N) is 1. The summed E-state index contributed by atoms with van der Waals surface area (Å²) in [6, 6.07) is 4.04. The van der Waals surface area contributed by atoms with E-state index in [0.717, 1.165) is 22.4 Å². The van der Waals surface area contributed by atoms with E-state index >= 15 is 0 Å². The van der Waals surface area contributed by atoms with Gasteiger partial charge in [-0.25, -0.2) is 0 Å². The summed E-state index contributed by atoms with van der Waals surface area (Å²) >= 11 is 0. The zero-order valence-corrected chi connectivity index (χ0v) is 15.9. The third-order valence-corrected chi connectivity index (χ3v) is 4.67. The molecule has 0 aliphatic carbocycles. The number of benzene rings is 1. The molecular formula is C18H28ClN3O3. The van der Waals surface area contributed by atoms with E-state index in [1.165, 1.54) is 0 Å². The van der Waals surface area contributed by atoms with Gasteiger partial charge >= 0.3 is 0 Å². The molecule has 6 nitrogen and oxygen atoms in total. The molecule has 25 heavy (non-hydrogen) atoms. The zero-order chi connectivity index (χ0) is 17.7. The molecule has 0 aromatic heterocycles. The Morgan fingerprint density at radius 1 is 1.16 bits per heavy atom. The van der Waals surface area contributed by atoms with Crippen molar-refractivity contribution in [2.75, 3.05) is 31.6 Å². The minimum atomic E-state index is -0.617. The molecule has 2 rings (SSSR count). The summed E-state index contributed by atoms with van der Waals surface area (Å²) in [5.41, 5.74) is 9.17. The third-order valence-electron chi connectivity index (χ3n) is 4.67. The Kier molecular flexibility index (Phi) is 7.86. The van der Waals surface area contributed by atoms with Crippen LogP contribution in [0.1, 0.15) is 29.5 Å². The van der Waals surface area contributed by atoms with Gasteiger partial charge in [0.05, 0.1) is 12.0 Å². The summed E-state index contributed by atoms with van der Waals surface area (Å²) in [6.45, 7) is 7.19. The lowest BCUT2D eigenvalue weighted by atomic mass is 9.79. The Balaban J connectivity index is 0.00000312. The average Bonchev–Trinajstić information content (AvgIpc) is 2.56. The van der Waals surface area contributed by atoms with Crippen LogP contribution in [-0.2, 0) is 14.3 Å². The number of hydrogen-bond acceptors (Lipinski definition) is 4. The highest BCUT2D eigenvalue weighted by Gasteiger charge is 2.38. The van der Waals surface area contributed by atoms with E-state index < -0.39 is 5.41 Å². The number of ether oxygens (including phenoxy) is 1. The van der Waals surface area contributed by atoms with Crippen molar-refractivity contribution in [3.8, 4) is 0 Å². The molecule has 0 atom stereocenters. The molecule has 1 heterocycles. The van der Waals surface area contributed by atoms with Gasteiger partial charge in [-0.15, -0.1) is 12.4 Å². The first-order chi connectivity index (χ1) is 11.4. The zero-order valence-electron chi connectivity index (χ0n) is 15.1. The highest BCUT2D eigenvalue weighted by Crippen LogP contribution is 2.29. The summed E-state index contributed by atoms with van der Waals surface area (Å²) < 4.78 is 5.30. The second-order valence-corrected chi connectivity index (χ2v) is 6.60. The normalized spacial score (nSPS) is 15.8. The number of rotatable bonds is 5. The summed E-state index contributed by atoms with van der Waals surface area (Å²) in [7, 11) is 0. The van der Waals surface area contributed by atoms with Crippen LogP contribution in [0.4, 0.5) is 5.69 Å². The van der Waals surface area contributed by atoms with Crippen molar-refractivity contribution >= 4 is 29.9 Å². The van der Waals surface area contributed by atoms with Gasteiger partial charge in [-0.3, -0.25) is 9.59 Å². The molecule has 1 aliphatic rings. The third kappa shape index (κ3) is 5.17. The van der Waals surface area contributed by atoms with Gasteiger partial charge < -0.3 is 21.1 Å². The van der Waals surface area contributed by atoms with E-state index in [1.807, 2.05) is 32.9 Å². The molecule has 0 unspecified atom stereocenters. The number of aryl methyl sites for hydroxylation is 3. The summed E-state index contributed by atoms with van der Waals surface area (Å²) in [6.07, 6.45) is 1.18. The van der Waals surface area contributed by atoms with E-state index in [-0.39, 0.29) is 37.3 Å². The van der Waals surface area contributed by atoms with Gasteiger partial charge in [0.1, 0.15) is 0 Å². The van der Waals surface area contributed by atoms with Gasteiger partial charge in [0.15, 0.2) is 0 Å². The van der Waals surface area contributed by atoms with Crippen LogP contribution in [0.2, 0.25) is 0 Å². The quantitative estimate of drug-likeness (QED) is 0.738. The van der Waals surface area contributed by atoms with Crippen molar-refractivity contribution in [3.05, 3.63) is 28.8 Å². The number of nitrogens with one attached hydrogen (secondary N) is 2. The molecule has 4 N–H and O–H groups in total. The van der Waals surface area contributed by atoms with Crippen molar-refractivity contribution < 1.29 is 14.3 Å². The second kappa shape index (κ2) is 9.17. The maximum absolute atomic E-state index is 12.5. The molecule has 0 bridgehead atoms. The van der Waals surface area contributed by atoms with E-state index in [1.54, 1.807) is 0 Å². The minimum absolute atomic E-state index is 0. The van der Waals surface area contributed by atoms with Gasteiger partial charge in [-0.2, -0.15) is 0 Å². The Morgan fingerprint density at radius 3 is 2.24 bits per heavy atom. The Labute approximate surface area is 155 Å². The van der Waals surface area contributed by atoms with E-state index in [4.69, 9.17) is 10.5 Å². The molecule has 1 aromatic rings. The van der Waals surface area contributed by atoms with Gasteiger partial charge in [0, 0.05) is 25.4 Å². The maximum atomic E-state index is 12.5. The Bertz CT molecular complexity index is 605. The topological polar surface area (TPSA) is 93.5 Å². The average molecular weight is 370 g/mol. The number of halogens is 1. The van der Waals surface area contributed by atoms with Crippen LogP contribution in [0.5, 0.6) is 0 Å². The van der Waals surface area contributed by atoms with E-state index in [2.05, 4.69) is 10.6 Å². The van der Waals surface area contributed by atoms with Gasteiger partial charge in [0.25, 0.3) is 0 Å². The van der Waals surface area contributed by atoms with Crippen LogP contribution in [0.15, 0.2) is 12.1 Å². The van der Waals surface area contributed by atoms with Gasteiger partial charge in [-0.1, -0.05) is 17.7 Å². The lowest BCUT2D eigenvalue weighted by Crippen LogP contribution is -2.50. The van der Waals surface area contributed by atoms with Gasteiger partial charge in [0.2, 0.25) is 11.8 Å². The van der Waals surface area contributed by atoms with Crippen LogP contribution < -0.4 is 16.4 Å². The number of amides is 2. The molecule has 1 aliphatic heterocycles. The van der Waals surface area contributed by atoms with Crippen LogP contribution >= 0.6 is 12.4 Å². The predicted octanol–water partition coefficient (Wildman–Crippen LogP) is 1.84. The Hall–Kier alpha value is -1.63. The van der Waals surface area contributed by atoms with Crippen LogP contribution in [0.25, 0.3) is 0 Å². The fraction of sp³-hybridized carbons (Fsp3) is 0.556. The molecule has 1 saturated heterocycles. The smallest absolute Gasteiger partial charge is 0.243 e. The number of carbonyl (C=O) groups excluding carboxylic acids is 2. The van der Waals surface area contributed by atoms with Gasteiger partial charge in [-0.05, 0) is 44.7 Å². The minimum Gasteiger partial charge on any atom is -0.381 e. The number of anilines is 1. The monoisotopic (exact) mass is 369 g/mol. The van der Waals surface area contributed by atoms with E-state index in [0.29, 0.717) is 26.1 Å². The molecular weight excluding hydrogens is 342 g/mol. The summed E-state index contributed by atoms with van der Waals surface area (Å²) in [5, 5.41) is 5.61. The second-order valence-electron chi connectivity index (χ2n) is 6.60. The highest BCUT2D eigenvalue weighted by atomic mass is 35.5. The van der Waals surface area contributed by atoms with Crippen LogP contribution in [0.3, 0.4) is 0 Å². The predicted molar refractivity (Wildman–Crippen MR) is 101 cm³/mol. The maximum Gasteiger partial charge on any atom is 0.243 e. The largest absolute Gasteiger partial charge is 0.381 e. The first kappa shape index (κ1) is 21.4.